The molecule has 0 unspecified atom stereocenters. The summed E-state index contributed by atoms with van der Waals surface area (Å²) >= 11 is 1.17. The van der Waals surface area contributed by atoms with Crippen molar-refractivity contribution in [1.29, 1.82) is 0 Å². The number of anilines is 1. The largest absolute Gasteiger partial charge is 0.496 e. The highest BCUT2D eigenvalue weighted by atomic mass is 32.1. The number of nitrogens with zero attached hydrogens (tertiary/aromatic N) is 1. The van der Waals surface area contributed by atoms with Crippen molar-refractivity contribution in [3.8, 4) is 17.0 Å². The molecule has 1 aromatic heterocycles. The summed E-state index contributed by atoms with van der Waals surface area (Å²) in [5.74, 6) is -2.73. The molecule has 0 radical (unpaired) electrons. The normalized spacial score (nSPS) is 13.7. The Morgan fingerprint density at radius 1 is 1.23 bits per heavy atom. The van der Waals surface area contributed by atoms with Gasteiger partial charge in [-0.2, -0.15) is 0 Å². The first-order valence-electron chi connectivity index (χ1n) is 12.7. The lowest BCUT2D eigenvalue weighted by Crippen LogP contribution is -2.17. The number of carbonyl (C=O) groups excluding carboxylic acids is 1. The molecule has 0 aliphatic heterocycles. The predicted octanol–water partition coefficient (Wildman–Crippen LogP) is 6.59. The van der Waals surface area contributed by atoms with E-state index < -0.39 is 29.1 Å². The van der Waals surface area contributed by atoms with Gasteiger partial charge in [0.25, 0.3) is 5.91 Å². The lowest BCUT2D eigenvalue weighted by atomic mass is 9.86. The zero-order valence-electron chi connectivity index (χ0n) is 21.8. The number of benzene rings is 2. The minimum absolute atomic E-state index is 0.239. The molecular formula is C29H30F2N2O5S. The molecule has 1 heterocycles. The van der Waals surface area contributed by atoms with E-state index in [1.807, 2.05) is 18.2 Å². The highest BCUT2D eigenvalue weighted by Crippen LogP contribution is 2.35. The Balaban J connectivity index is 1.43. The molecule has 0 saturated heterocycles. The van der Waals surface area contributed by atoms with Gasteiger partial charge < -0.3 is 14.6 Å². The Labute approximate surface area is 229 Å². The van der Waals surface area contributed by atoms with Gasteiger partial charge in [0.15, 0.2) is 5.13 Å². The van der Waals surface area contributed by atoms with Crippen molar-refractivity contribution in [2.75, 3.05) is 25.6 Å². The quantitative estimate of drug-likeness (QED) is 0.193. The SMILES string of the molecule is COc1c(CCCOCC2CCC2)cccc1-c1csc(NC(=O)c2cc(F)c(/C=C(\C)C(=O)O)c(F)c2)n1. The molecule has 0 bridgehead atoms. The van der Waals surface area contributed by atoms with Gasteiger partial charge in [-0.1, -0.05) is 18.6 Å². The summed E-state index contributed by atoms with van der Waals surface area (Å²) in [4.78, 5) is 28.2. The third-order valence-electron chi connectivity index (χ3n) is 6.65. The lowest BCUT2D eigenvalue weighted by Gasteiger charge is -2.24. The number of aryl methyl sites for hydroxylation is 1. The molecule has 1 aliphatic carbocycles. The van der Waals surface area contributed by atoms with Gasteiger partial charge in [0.1, 0.15) is 17.4 Å². The Morgan fingerprint density at radius 2 is 1.97 bits per heavy atom. The van der Waals surface area contributed by atoms with Gasteiger partial charge in [-0.25, -0.2) is 18.6 Å². The lowest BCUT2D eigenvalue weighted by molar-refractivity contribution is -0.132. The molecule has 1 saturated carbocycles. The maximum absolute atomic E-state index is 14.5. The highest BCUT2D eigenvalue weighted by molar-refractivity contribution is 7.14. The monoisotopic (exact) mass is 556 g/mol. The van der Waals surface area contributed by atoms with E-state index >= 15 is 0 Å². The average Bonchev–Trinajstić information content (AvgIpc) is 3.34. The van der Waals surface area contributed by atoms with Gasteiger partial charge in [0.05, 0.1) is 12.8 Å². The van der Waals surface area contributed by atoms with Crippen LogP contribution in [0, 0.1) is 17.6 Å². The number of nitrogens with one attached hydrogen (secondary N) is 1. The summed E-state index contributed by atoms with van der Waals surface area (Å²) in [6.45, 7) is 2.74. The molecule has 39 heavy (non-hydrogen) atoms. The molecule has 1 amide bonds. The molecule has 0 atom stereocenters. The Bertz CT molecular complexity index is 1360. The van der Waals surface area contributed by atoms with E-state index in [4.69, 9.17) is 14.6 Å². The van der Waals surface area contributed by atoms with Crippen LogP contribution in [0.2, 0.25) is 0 Å². The van der Waals surface area contributed by atoms with Crippen molar-refractivity contribution < 1.29 is 33.0 Å². The first-order valence-corrected chi connectivity index (χ1v) is 13.6. The molecule has 1 aliphatic rings. The van der Waals surface area contributed by atoms with Crippen LogP contribution in [-0.2, 0) is 16.0 Å². The number of rotatable bonds is 12. The fourth-order valence-electron chi connectivity index (χ4n) is 4.25. The second-order valence-corrected chi connectivity index (χ2v) is 10.3. The molecule has 2 aromatic carbocycles. The Kier molecular flexibility index (Phi) is 9.42. The summed E-state index contributed by atoms with van der Waals surface area (Å²) < 4.78 is 40.5. The summed E-state index contributed by atoms with van der Waals surface area (Å²) in [5, 5.41) is 13.5. The second-order valence-electron chi connectivity index (χ2n) is 9.45. The topological polar surface area (TPSA) is 97.8 Å². The first-order chi connectivity index (χ1) is 18.8. The van der Waals surface area contributed by atoms with Crippen LogP contribution in [0.3, 0.4) is 0 Å². The van der Waals surface area contributed by atoms with Gasteiger partial charge in [0, 0.05) is 40.9 Å². The predicted molar refractivity (Wildman–Crippen MR) is 146 cm³/mol. The van der Waals surface area contributed by atoms with Crippen LogP contribution < -0.4 is 10.1 Å². The van der Waals surface area contributed by atoms with Crippen LogP contribution in [0.4, 0.5) is 13.9 Å². The summed E-state index contributed by atoms with van der Waals surface area (Å²) in [5.41, 5.74) is 1.36. The highest BCUT2D eigenvalue weighted by Gasteiger charge is 2.19. The van der Waals surface area contributed by atoms with Crippen LogP contribution in [0.5, 0.6) is 5.75 Å². The smallest absolute Gasteiger partial charge is 0.331 e. The molecular weight excluding hydrogens is 526 g/mol. The Morgan fingerprint density at radius 3 is 2.62 bits per heavy atom. The van der Waals surface area contributed by atoms with Gasteiger partial charge in [0.2, 0.25) is 0 Å². The minimum atomic E-state index is -1.30. The van der Waals surface area contributed by atoms with Gasteiger partial charge in [-0.15, -0.1) is 11.3 Å². The number of para-hydroxylation sites is 1. The number of amides is 1. The summed E-state index contributed by atoms with van der Waals surface area (Å²) in [6.07, 6.45) is 6.35. The van der Waals surface area contributed by atoms with Gasteiger partial charge in [-0.3, -0.25) is 10.1 Å². The standard InChI is InChI=1S/C29H30F2N2O5S/c1-17(28(35)36)12-22-23(30)13-20(14-24(22)31)27(34)33-29-32-25(16-39-29)21-10-4-8-19(26(21)37-2)9-5-11-38-15-18-6-3-7-18/h4,8,10,12-14,16,18H,3,5-7,9,11,15H2,1-2H3,(H,35,36)(H,32,33,34)/b17-12+. The number of hydrogen-bond donors (Lipinski definition) is 2. The van der Waals surface area contributed by atoms with Gasteiger partial charge >= 0.3 is 5.97 Å². The third kappa shape index (κ3) is 7.07. The van der Waals surface area contributed by atoms with E-state index in [2.05, 4.69) is 10.3 Å². The number of thiazole rings is 1. The number of carbonyl (C=O) groups is 2. The van der Waals surface area contributed by atoms with E-state index in [-0.39, 0.29) is 16.3 Å². The van der Waals surface area contributed by atoms with E-state index in [0.29, 0.717) is 24.0 Å². The molecule has 7 nitrogen and oxygen atoms in total. The van der Waals surface area contributed by atoms with Crippen LogP contribution in [0.25, 0.3) is 17.3 Å². The summed E-state index contributed by atoms with van der Waals surface area (Å²) in [7, 11) is 1.60. The molecule has 0 spiro atoms. The van der Waals surface area contributed by atoms with Crippen LogP contribution in [-0.4, -0.2) is 42.3 Å². The Hall–Kier alpha value is -3.63. The van der Waals surface area contributed by atoms with Crippen LogP contribution in [0.1, 0.15) is 54.1 Å². The van der Waals surface area contributed by atoms with E-state index in [0.717, 1.165) is 48.8 Å². The number of halogens is 2. The number of carboxylic acids is 1. The maximum Gasteiger partial charge on any atom is 0.331 e. The third-order valence-corrected chi connectivity index (χ3v) is 7.41. The van der Waals surface area contributed by atoms with E-state index in [1.165, 1.54) is 37.5 Å². The first kappa shape index (κ1) is 28.4. The number of aromatic nitrogens is 1. The van der Waals surface area contributed by atoms with Gasteiger partial charge in [-0.05, 0) is 68.4 Å². The number of carboxylic acid groups (broad SMARTS) is 1. The maximum atomic E-state index is 14.5. The number of methoxy groups -OCH3 is 1. The van der Waals surface area contributed by atoms with Crippen LogP contribution in [0.15, 0.2) is 41.3 Å². The molecule has 2 N–H and O–H groups in total. The molecule has 3 aromatic rings. The molecule has 10 heteroatoms. The fraction of sp³-hybridized carbons (Fsp3) is 0.345. The average molecular weight is 557 g/mol. The number of aliphatic carboxylic acids is 1. The molecule has 206 valence electrons. The molecule has 1 fully saturated rings. The van der Waals surface area contributed by atoms with Crippen molar-refractivity contribution in [3.63, 3.8) is 0 Å². The van der Waals surface area contributed by atoms with Crippen molar-refractivity contribution >= 4 is 34.4 Å². The fourth-order valence-corrected chi connectivity index (χ4v) is 4.96. The minimum Gasteiger partial charge on any atom is -0.496 e. The van der Waals surface area contributed by atoms with E-state index in [9.17, 15) is 18.4 Å². The summed E-state index contributed by atoms with van der Waals surface area (Å²) in [6, 6.07) is 7.52. The van der Waals surface area contributed by atoms with Crippen molar-refractivity contribution in [2.45, 2.75) is 39.0 Å². The van der Waals surface area contributed by atoms with Crippen molar-refractivity contribution in [1.82, 2.24) is 4.98 Å². The second kappa shape index (κ2) is 12.9. The van der Waals surface area contributed by atoms with Crippen molar-refractivity contribution in [3.05, 3.63) is 69.6 Å². The van der Waals surface area contributed by atoms with Crippen LogP contribution >= 0.6 is 11.3 Å². The zero-order valence-corrected chi connectivity index (χ0v) is 22.6. The number of hydrogen-bond acceptors (Lipinski definition) is 6. The molecule has 4 rings (SSSR count). The van der Waals surface area contributed by atoms with Crippen molar-refractivity contribution in [2.24, 2.45) is 5.92 Å². The number of ether oxygens (including phenoxy) is 2. The van der Waals surface area contributed by atoms with E-state index in [1.54, 1.807) is 12.5 Å². The zero-order chi connectivity index (χ0) is 27.9.